The number of furan rings is 1. The summed E-state index contributed by atoms with van der Waals surface area (Å²) in [5.41, 5.74) is -0.907. The number of nitrogens with one attached hydrogen (secondary N) is 1. The first-order valence-corrected chi connectivity index (χ1v) is 9.64. The van der Waals surface area contributed by atoms with Crippen LogP contribution in [0.1, 0.15) is 12.7 Å². The second kappa shape index (κ2) is 6.92. The fourth-order valence-electron chi connectivity index (χ4n) is 2.47. The third-order valence-electron chi connectivity index (χ3n) is 4.00. The lowest BCUT2D eigenvalue weighted by Gasteiger charge is -2.21. The van der Waals surface area contributed by atoms with E-state index < -0.39 is 15.6 Å². The Morgan fingerprint density at radius 1 is 1.23 bits per heavy atom. The highest BCUT2D eigenvalue weighted by atomic mass is 35.5. The van der Waals surface area contributed by atoms with Crippen molar-refractivity contribution in [3.63, 3.8) is 0 Å². The molecule has 8 heteroatoms. The Hall–Kier alpha value is -2.06. The van der Waals surface area contributed by atoms with Gasteiger partial charge in [0.05, 0.1) is 17.0 Å². The van der Waals surface area contributed by atoms with Crippen LogP contribution in [0.5, 0.6) is 5.75 Å². The topological polar surface area (TPSA) is 88.8 Å². The van der Waals surface area contributed by atoms with Gasteiger partial charge in [0.25, 0.3) is 0 Å². The molecule has 0 aliphatic rings. The smallest absolute Gasteiger partial charge is 0.240 e. The van der Waals surface area contributed by atoms with Crippen LogP contribution in [0.3, 0.4) is 0 Å². The van der Waals surface area contributed by atoms with Gasteiger partial charge in [-0.3, -0.25) is 0 Å². The monoisotopic (exact) mass is 395 g/mol. The molecule has 3 aromatic rings. The molecule has 138 valence electrons. The van der Waals surface area contributed by atoms with E-state index in [2.05, 4.69) is 4.72 Å². The van der Waals surface area contributed by atoms with E-state index in [9.17, 15) is 13.5 Å². The van der Waals surface area contributed by atoms with Crippen molar-refractivity contribution in [1.82, 2.24) is 4.72 Å². The van der Waals surface area contributed by atoms with Crippen LogP contribution < -0.4 is 9.46 Å². The molecule has 1 atom stereocenters. The molecular weight excluding hydrogens is 378 g/mol. The molecule has 0 fully saturated rings. The Kier molecular flexibility index (Phi) is 4.98. The predicted molar refractivity (Wildman–Crippen MR) is 99.0 cm³/mol. The number of hydrogen-bond acceptors (Lipinski definition) is 5. The fourth-order valence-corrected chi connectivity index (χ4v) is 3.95. The predicted octanol–water partition coefficient (Wildman–Crippen LogP) is 3.28. The average Bonchev–Trinajstić information content (AvgIpc) is 3.05. The standard InChI is InChI=1S/C18H18ClNO5S/c1-18(21,17-9-12-5-3-4-6-15(12)25-17)11-20-26(22,23)13-7-8-16(24-2)14(19)10-13/h3-10,20-21H,11H2,1-2H3. The maximum atomic E-state index is 12.5. The molecule has 0 bridgehead atoms. The normalized spacial score (nSPS) is 14.3. The van der Waals surface area contributed by atoms with Gasteiger partial charge < -0.3 is 14.3 Å². The largest absolute Gasteiger partial charge is 0.495 e. The highest BCUT2D eigenvalue weighted by Gasteiger charge is 2.30. The van der Waals surface area contributed by atoms with Gasteiger partial charge in [0, 0.05) is 11.9 Å². The Morgan fingerprint density at radius 3 is 2.62 bits per heavy atom. The van der Waals surface area contributed by atoms with E-state index in [0.717, 1.165) is 5.39 Å². The van der Waals surface area contributed by atoms with Crippen LogP contribution in [-0.2, 0) is 15.6 Å². The van der Waals surface area contributed by atoms with E-state index in [1.54, 1.807) is 12.1 Å². The van der Waals surface area contributed by atoms with Crippen LogP contribution >= 0.6 is 11.6 Å². The quantitative estimate of drug-likeness (QED) is 0.668. The molecule has 1 unspecified atom stereocenters. The number of aliphatic hydroxyl groups is 1. The molecule has 0 radical (unpaired) electrons. The van der Waals surface area contributed by atoms with E-state index in [1.165, 1.54) is 32.2 Å². The van der Waals surface area contributed by atoms with Crippen LogP contribution in [-0.4, -0.2) is 27.2 Å². The highest BCUT2D eigenvalue weighted by molar-refractivity contribution is 7.89. The summed E-state index contributed by atoms with van der Waals surface area (Å²) in [4.78, 5) is -0.0243. The molecule has 0 saturated heterocycles. The third kappa shape index (κ3) is 3.71. The van der Waals surface area contributed by atoms with Crippen LogP contribution in [0.2, 0.25) is 5.02 Å². The van der Waals surface area contributed by atoms with Crippen LogP contribution in [0, 0.1) is 0 Å². The van der Waals surface area contributed by atoms with Crippen molar-refractivity contribution in [3.05, 3.63) is 59.3 Å². The zero-order chi connectivity index (χ0) is 18.9. The van der Waals surface area contributed by atoms with Gasteiger partial charge in [-0.15, -0.1) is 0 Å². The minimum absolute atomic E-state index is 0.0243. The van der Waals surface area contributed by atoms with Gasteiger partial charge in [0.15, 0.2) is 0 Å². The van der Waals surface area contributed by atoms with Gasteiger partial charge >= 0.3 is 0 Å². The van der Waals surface area contributed by atoms with Gasteiger partial charge in [-0.25, -0.2) is 13.1 Å². The molecular formula is C18H18ClNO5S. The molecule has 2 N–H and O–H groups in total. The van der Waals surface area contributed by atoms with Crippen molar-refractivity contribution in [2.75, 3.05) is 13.7 Å². The van der Waals surface area contributed by atoms with Crippen molar-refractivity contribution in [2.45, 2.75) is 17.4 Å². The molecule has 2 aromatic carbocycles. The molecule has 6 nitrogen and oxygen atoms in total. The van der Waals surface area contributed by atoms with Crippen LogP contribution in [0.25, 0.3) is 11.0 Å². The maximum absolute atomic E-state index is 12.5. The summed E-state index contributed by atoms with van der Waals surface area (Å²) in [5, 5.41) is 11.7. The number of sulfonamides is 1. The first-order chi connectivity index (χ1) is 12.2. The summed E-state index contributed by atoms with van der Waals surface area (Å²) in [6.07, 6.45) is 0. The van der Waals surface area contributed by atoms with Crippen molar-refractivity contribution in [3.8, 4) is 5.75 Å². The van der Waals surface area contributed by atoms with Crippen LogP contribution in [0.15, 0.2) is 57.8 Å². The SMILES string of the molecule is COc1ccc(S(=O)(=O)NCC(C)(O)c2cc3ccccc3o2)cc1Cl. The minimum atomic E-state index is -3.87. The van der Waals surface area contributed by atoms with Gasteiger partial charge in [-0.1, -0.05) is 29.8 Å². The number of para-hydroxylation sites is 1. The zero-order valence-electron chi connectivity index (χ0n) is 14.2. The molecule has 0 aliphatic carbocycles. The lowest BCUT2D eigenvalue weighted by atomic mass is 10.0. The number of hydrogen-bond donors (Lipinski definition) is 2. The van der Waals surface area contributed by atoms with Crippen molar-refractivity contribution in [2.24, 2.45) is 0 Å². The molecule has 3 rings (SSSR count). The first kappa shape index (κ1) is 18.7. The molecule has 26 heavy (non-hydrogen) atoms. The van der Waals surface area contributed by atoms with Crippen LogP contribution in [0.4, 0.5) is 0 Å². The van der Waals surface area contributed by atoms with Gasteiger partial charge in [-0.2, -0.15) is 0 Å². The molecule has 0 spiro atoms. The molecule has 0 saturated carbocycles. The van der Waals surface area contributed by atoms with Crippen molar-refractivity contribution < 1.29 is 22.7 Å². The Bertz CT molecular complexity index is 1010. The summed E-state index contributed by atoms with van der Waals surface area (Å²) in [5.74, 6) is 0.647. The number of rotatable bonds is 6. The minimum Gasteiger partial charge on any atom is -0.495 e. The second-order valence-corrected chi connectivity index (χ2v) is 8.22. The average molecular weight is 396 g/mol. The molecule has 0 amide bonds. The summed E-state index contributed by atoms with van der Waals surface area (Å²) in [6, 6.07) is 13.1. The Balaban J connectivity index is 1.80. The zero-order valence-corrected chi connectivity index (χ0v) is 15.8. The summed E-state index contributed by atoms with van der Waals surface area (Å²) in [7, 11) is -2.43. The maximum Gasteiger partial charge on any atom is 0.240 e. The molecule has 0 aliphatic heterocycles. The van der Waals surface area contributed by atoms with Gasteiger partial charge in [0.2, 0.25) is 10.0 Å². The Labute approximate surface area is 156 Å². The van der Waals surface area contributed by atoms with Gasteiger partial charge in [0.1, 0.15) is 22.7 Å². The molecule has 1 aromatic heterocycles. The lowest BCUT2D eigenvalue weighted by molar-refractivity contribution is 0.0412. The third-order valence-corrected chi connectivity index (χ3v) is 5.69. The number of benzene rings is 2. The molecule has 1 heterocycles. The van der Waals surface area contributed by atoms with E-state index in [0.29, 0.717) is 11.3 Å². The summed E-state index contributed by atoms with van der Waals surface area (Å²) < 4.78 is 38.0. The number of fused-ring (bicyclic) bond motifs is 1. The Morgan fingerprint density at radius 2 is 1.96 bits per heavy atom. The van der Waals surface area contributed by atoms with Gasteiger partial charge in [-0.05, 0) is 37.3 Å². The van der Waals surface area contributed by atoms with Crippen molar-refractivity contribution in [1.29, 1.82) is 0 Å². The second-order valence-electron chi connectivity index (χ2n) is 6.04. The van der Waals surface area contributed by atoms with E-state index in [4.69, 9.17) is 20.8 Å². The number of halogens is 1. The lowest BCUT2D eigenvalue weighted by Crippen LogP contribution is -2.38. The number of ether oxygens (including phenoxy) is 1. The summed E-state index contributed by atoms with van der Waals surface area (Å²) >= 11 is 5.99. The van der Waals surface area contributed by atoms with E-state index >= 15 is 0 Å². The first-order valence-electron chi connectivity index (χ1n) is 7.77. The number of methoxy groups -OCH3 is 1. The van der Waals surface area contributed by atoms with E-state index in [1.807, 2.05) is 18.2 Å². The summed E-state index contributed by atoms with van der Waals surface area (Å²) in [6.45, 7) is 1.22. The highest BCUT2D eigenvalue weighted by Crippen LogP contribution is 2.29. The van der Waals surface area contributed by atoms with E-state index in [-0.39, 0.29) is 22.2 Å². The van der Waals surface area contributed by atoms with Crippen molar-refractivity contribution >= 4 is 32.6 Å². The fraction of sp³-hybridized carbons (Fsp3) is 0.222.